The first-order valence-electron chi connectivity index (χ1n) is 10.8. The topological polar surface area (TPSA) is 69.2 Å². The van der Waals surface area contributed by atoms with Gasteiger partial charge in [0, 0.05) is 33.1 Å². The highest BCUT2D eigenvalue weighted by Crippen LogP contribution is 2.39. The van der Waals surface area contributed by atoms with Crippen LogP contribution >= 0.6 is 0 Å². The van der Waals surface area contributed by atoms with Crippen LogP contribution in [0.25, 0.3) is 11.6 Å². The van der Waals surface area contributed by atoms with Crippen molar-refractivity contribution in [1.82, 2.24) is 24.6 Å². The first-order chi connectivity index (χ1) is 14.0. The van der Waals surface area contributed by atoms with E-state index in [4.69, 9.17) is 9.15 Å². The van der Waals surface area contributed by atoms with Crippen molar-refractivity contribution in [1.29, 1.82) is 0 Å². The second-order valence-electron chi connectivity index (χ2n) is 8.92. The summed E-state index contributed by atoms with van der Waals surface area (Å²) in [5.74, 6) is 3.66. The minimum absolute atomic E-state index is 0.461. The summed E-state index contributed by atoms with van der Waals surface area (Å²) in [7, 11) is 1.93. The number of aromatic nitrogens is 4. The Morgan fingerprint density at radius 1 is 1.21 bits per heavy atom. The molecule has 7 nitrogen and oxygen atoms in total. The zero-order valence-corrected chi connectivity index (χ0v) is 18.0. The highest BCUT2D eigenvalue weighted by atomic mass is 16.5. The average Bonchev–Trinajstić information content (AvgIpc) is 3.33. The van der Waals surface area contributed by atoms with Gasteiger partial charge in [0.05, 0.1) is 25.7 Å². The fourth-order valence-electron chi connectivity index (χ4n) is 4.78. The van der Waals surface area contributed by atoms with Gasteiger partial charge in [-0.05, 0) is 37.0 Å². The van der Waals surface area contributed by atoms with Crippen LogP contribution in [0.4, 0.5) is 0 Å². The van der Waals surface area contributed by atoms with E-state index in [-0.39, 0.29) is 0 Å². The number of hydrogen-bond acceptors (Lipinski definition) is 6. The maximum absolute atomic E-state index is 5.97. The molecular weight excluding hydrogens is 366 g/mol. The maximum atomic E-state index is 5.97. The smallest absolute Gasteiger partial charge is 0.265 e. The van der Waals surface area contributed by atoms with E-state index in [1.807, 2.05) is 11.6 Å². The van der Waals surface area contributed by atoms with Crippen molar-refractivity contribution in [2.45, 2.75) is 33.6 Å². The van der Waals surface area contributed by atoms with E-state index in [0.717, 1.165) is 45.0 Å². The van der Waals surface area contributed by atoms with Crippen LogP contribution in [0.2, 0.25) is 0 Å². The van der Waals surface area contributed by atoms with E-state index in [9.17, 15) is 0 Å². The van der Waals surface area contributed by atoms with Crippen LogP contribution in [0.15, 0.2) is 28.6 Å². The van der Waals surface area contributed by atoms with Gasteiger partial charge in [-0.3, -0.25) is 4.90 Å². The van der Waals surface area contributed by atoms with Gasteiger partial charge in [-0.25, -0.2) is 4.98 Å². The van der Waals surface area contributed by atoms with E-state index in [2.05, 4.69) is 46.9 Å². The van der Waals surface area contributed by atoms with E-state index < -0.39 is 0 Å². The van der Waals surface area contributed by atoms with Crippen LogP contribution in [0.5, 0.6) is 0 Å². The Kier molecular flexibility index (Phi) is 6.15. The van der Waals surface area contributed by atoms with Gasteiger partial charge < -0.3 is 13.7 Å². The van der Waals surface area contributed by atoms with Gasteiger partial charge in [-0.1, -0.05) is 25.5 Å². The Balaban J connectivity index is 1.46. The zero-order valence-electron chi connectivity index (χ0n) is 18.0. The first-order valence-corrected chi connectivity index (χ1v) is 10.8. The lowest BCUT2D eigenvalue weighted by atomic mass is 9.69. The average molecular weight is 400 g/mol. The van der Waals surface area contributed by atoms with Crippen LogP contribution in [0, 0.1) is 23.7 Å². The standard InChI is InChI=1S/C22H33N5O2/c1-15(2)19-10-17(16(3)9-18(19)13-27-5-7-28-8-6-27)11-21-24-25-22(29-21)20-12-23-14-26(20)4/h9,12,14-15,17-19H,5-8,10-11,13H2,1-4H3/t17-,18-,19-/m0/s1. The highest BCUT2D eigenvalue weighted by Gasteiger charge is 2.33. The number of aryl methyl sites for hydroxylation is 1. The summed E-state index contributed by atoms with van der Waals surface area (Å²) in [4.78, 5) is 6.70. The second kappa shape index (κ2) is 8.79. The van der Waals surface area contributed by atoms with Gasteiger partial charge in [0.2, 0.25) is 5.89 Å². The molecule has 29 heavy (non-hydrogen) atoms. The molecular formula is C22H33N5O2. The predicted octanol–water partition coefficient (Wildman–Crippen LogP) is 3.20. The minimum atomic E-state index is 0.461. The summed E-state index contributed by atoms with van der Waals surface area (Å²) in [5, 5.41) is 8.56. The summed E-state index contributed by atoms with van der Waals surface area (Å²) in [6, 6.07) is 0. The molecule has 0 radical (unpaired) electrons. The van der Waals surface area contributed by atoms with Crippen molar-refractivity contribution >= 4 is 0 Å². The van der Waals surface area contributed by atoms with Gasteiger partial charge in [0.25, 0.3) is 5.89 Å². The van der Waals surface area contributed by atoms with Crippen molar-refractivity contribution in [3.05, 3.63) is 30.1 Å². The fraction of sp³-hybridized carbons (Fsp3) is 0.682. The van der Waals surface area contributed by atoms with Crippen LogP contribution in [-0.4, -0.2) is 57.5 Å². The van der Waals surface area contributed by atoms with Crippen LogP contribution in [0.1, 0.15) is 33.1 Å². The van der Waals surface area contributed by atoms with Crippen molar-refractivity contribution in [2.24, 2.45) is 30.7 Å². The SMILES string of the molecule is CC1=C[C@@H](CN2CCOCC2)[C@H](C(C)C)C[C@H]1Cc1nnc(-c2cncn2C)o1. The molecule has 1 aliphatic heterocycles. The van der Waals surface area contributed by atoms with E-state index in [1.54, 1.807) is 12.5 Å². The van der Waals surface area contributed by atoms with E-state index in [1.165, 1.54) is 12.0 Å². The van der Waals surface area contributed by atoms with Crippen molar-refractivity contribution in [3.8, 4) is 11.6 Å². The third kappa shape index (κ3) is 4.61. The molecule has 0 unspecified atom stereocenters. The molecule has 1 aliphatic carbocycles. The molecule has 0 spiro atoms. The minimum Gasteiger partial charge on any atom is -0.419 e. The Morgan fingerprint density at radius 2 is 2.00 bits per heavy atom. The lowest BCUT2D eigenvalue weighted by molar-refractivity contribution is 0.0256. The van der Waals surface area contributed by atoms with Crippen molar-refractivity contribution in [2.75, 3.05) is 32.8 Å². The molecule has 3 atom stereocenters. The first kappa shape index (κ1) is 20.3. The molecule has 1 saturated heterocycles. The normalized spacial score (nSPS) is 26.1. The molecule has 0 aromatic carbocycles. The Hall–Kier alpha value is -1.99. The van der Waals surface area contributed by atoms with Gasteiger partial charge in [0.1, 0.15) is 5.69 Å². The summed E-state index contributed by atoms with van der Waals surface area (Å²) >= 11 is 0. The molecule has 4 rings (SSSR count). The number of imidazole rings is 1. The summed E-state index contributed by atoms with van der Waals surface area (Å²) < 4.78 is 13.4. The zero-order chi connectivity index (χ0) is 20.4. The van der Waals surface area contributed by atoms with E-state index >= 15 is 0 Å². The molecule has 7 heteroatoms. The number of rotatable bonds is 6. The number of morpholine rings is 1. The van der Waals surface area contributed by atoms with Gasteiger partial charge >= 0.3 is 0 Å². The van der Waals surface area contributed by atoms with Crippen LogP contribution in [-0.2, 0) is 18.2 Å². The molecule has 0 saturated carbocycles. The van der Waals surface area contributed by atoms with Gasteiger partial charge in [-0.2, -0.15) is 0 Å². The van der Waals surface area contributed by atoms with Gasteiger partial charge in [-0.15, -0.1) is 10.2 Å². The predicted molar refractivity (Wildman–Crippen MR) is 111 cm³/mol. The molecule has 1 fully saturated rings. The number of allylic oxidation sites excluding steroid dienone is 1. The number of hydrogen-bond donors (Lipinski definition) is 0. The van der Waals surface area contributed by atoms with Gasteiger partial charge in [0.15, 0.2) is 0 Å². The summed E-state index contributed by atoms with van der Waals surface area (Å²) in [6.07, 6.45) is 8.01. The number of ether oxygens (including phenoxy) is 1. The summed E-state index contributed by atoms with van der Waals surface area (Å²) in [6.45, 7) is 12.0. The largest absolute Gasteiger partial charge is 0.419 e. The van der Waals surface area contributed by atoms with Crippen LogP contribution in [0.3, 0.4) is 0 Å². The van der Waals surface area contributed by atoms with E-state index in [0.29, 0.717) is 35.5 Å². The molecule has 2 aliphatic rings. The Morgan fingerprint density at radius 3 is 2.69 bits per heavy atom. The molecule has 3 heterocycles. The molecule has 2 aromatic heterocycles. The lowest BCUT2D eigenvalue weighted by Crippen LogP contribution is -2.42. The molecule has 0 N–H and O–H groups in total. The summed E-state index contributed by atoms with van der Waals surface area (Å²) in [5.41, 5.74) is 2.31. The Bertz CT molecular complexity index is 834. The van der Waals surface area contributed by atoms with Crippen LogP contribution < -0.4 is 0 Å². The monoisotopic (exact) mass is 399 g/mol. The molecule has 0 bridgehead atoms. The van der Waals surface area contributed by atoms with Crippen molar-refractivity contribution in [3.63, 3.8) is 0 Å². The molecule has 2 aromatic rings. The molecule has 158 valence electrons. The highest BCUT2D eigenvalue weighted by molar-refractivity contribution is 5.44. The third-order valence-corrected chi connectivity index (χ3v) is 6.58. The number of nitrogens with zero attached hydrogens (tertiary/aromatic N) is 5. The maximum Gasteiger partial charge on any atom is 0.265 e. The fourth-order valence-corrected chi connectivity index (χ4v) is 4.78. The Labute approximate surface area is 173 Å². The second-order valence-corrected chi connectivity index (χ2v) is 8.92. The third-order valence-electron chi connectivity index (χ3n) is 6.58. The van der Waals surface area contributed by atoms with Crippen molar-refractivity contribution < 1.29 is 9.15 Å². The lowest BCUT2D eigenvalue weighted by Gasteiger charge is -2.40. The quantitative estimate of drug-likeness (QED) is 0.695. The molecule has 0 amide bonds.